The highest BCUT2D eigenvalue weighted by Gasteiger charge is 2.20. The minimum absolute atomic E-state index is 0. The standard InChI is InChI=1S/C20H25FN6O.HI/c1-2-22-20(24-15-19(28)25-17-7-5-6-16(21)14-17)27-12-10-26(11-13-27)18-8-3-4-9-23-18;/h3-9,14H,2,10-13,15H2,1H3,(H,22,24)(H,25,28);1H. The molecule has 1 saturated heterocycles. The number of carbonyl (C=O) groups excluding carboxylic acids is 1. The van der Waals surface area contributed by atoms with Crippen molar-refractivity contribution in [3.05, 3.63) is 54.5 Å². The van der Waals surface area contributed by atoms with Gasteiger partial charge in [-0.3, -0.25) is 4.79 Å². The van der Waals surface area contributed by atoms with Gasteiger partial charge >= 0.3 is 0 Å². The van der Waals surface area contributed by atoms with Crippen LogP contribution in [0.25, 0.3) is 0 Å². The van der Waals surface area contributed by atoms with Crippen molar-refractivity contribution < 1.29 is 9.18 Å². The first-order valence-electron chi connectivity index (χ1n) is 9.40. The third-order valence-electron chi connectivity index (χ3n) is 4.37. The Morgan fingerprint density at radius 2 is 1.97 bits per heavy atom. The molecule has 0 radical (unpaired) electrons. The first-order chi connectivity index (χ1) is 13.7. The number of aliphatic imine (C=N–C) groups is 1. The third-order valence-corrected chi connectivity index (χ3v) is 4.37. The molecular weight excluding hydrogens is 486 g/mol. The van der Waals surface area contributed by atoms with E-state index in [4.69, 9.17) is 0 Å². The maximum atomic E-state index is 13.2. The van der Waals surface area contributed by atoms with Crippen molar-refractivity contribution >= 4 is 47.3 Å². The Morgan fingerprint density at radius 1 is 1.17 bits per heavy atom. The number of hydrogen-bond acceptors (Lipinski definition) is 4. The molecular formula is C20H26FIN6O. The number of hydrogen-bond donors (Lipinski definition) is 2. The van der Waals surface area contributed by atoms with Crippen LogP contribution in [-0.4, -0.2) is 61.0 Å². The molecule has 0 spiro atoms. The van der Waals surface area contributed by atoms with Crippen molar-refractivity contribution in [2.45, 2.75) is 6.92 Å². The van der Waals surface area contributed by atoms with Crippen molar-refractivity contribution in [2.75, 3.05) is 49.5 Å². The van der Waals surface area contributed by atoms with E-state index in [9.17, 15) is 9.18 Å². The normalized spacial score (nSPS) is 14.2. The summed E-state index contributed by atoms with van der Waals surface area (Å²) in [5.74, 6) is 1.00. The predicted molar refractivity (Wildman–Crippen MR) is 124 cm³/mol. The SMILES string of the molecule is CCNC(=NCC(=O)Nc1cccc(F)c1)N1CCN(c2ccccn2)CC1.I. The molecule has 2 aromatic rings. The molecule has 0 unspecified atom stereocenters. The Hall–Kier alpha value is -2.43. The summed E-state index contributed by atoms with van der Waals surface area (Å²) in [6.07, 6.45) is 1.80. The van der Waals surface area contributed by atoms with E-state index in [0.29, 0.717) is 18.2 Å². The van der Waals surface area contributed by atoms with Crippen LogP contribution in [0.15, 0.2) is 53.7 Å². The summed E-state index contributed by atoms with van der Waals surface area (Å²) < 4.78 is 13.2. The average molecular weight is 512 g/mol. The molecule has 1 aromatic carbocycles. The van der Waals surface area contributed by atoms with Crippen LogP contribution >= 0.6 is 24.0 Å². The first kappa shape index (κ1) is 22.9. The Morgan fingerprint density at radius 3 is 2.62 bits per heavy atom. The van der Waals surface area contributed by atoms with Gasteiger partial charge in [-0.25, -0.2) is 14.4 Å². The van der Waals surface area contributed by atoms with Crippen molar-refractivity contribution in [3.63, 3.8) is 0 Å². The zero-order valence-corrected chi connectivity index (χ0v) is 18.7. The number of rotatable bonds is 5. The molecule has 1 aliphatic rings. The first-order valence-corrected chi connectivity index (χ1v) is 9.40. The van der Waals surface area contributed by atoms with E-state index in [1.165, 1.54) is 12.1 Å². The quantitative estimate of drug-likeness (QED) is 0.366. The van der Waals surface area contributed by atoms with E-state index in [1.807, 2.05) is 25.1 Å². The zero-order chi connectivity index (χ0) is 19.8. The molecule has 7 nitrogen and oxygen atoms in total. The van der Waals surface area contributed by atoms with Crippen molar-refractivity contribution in [1.29, 1.82) is 0 Å². The number of anilines is 2. The summed E-state index contributed by atoms with van der Waals surface area (Å²) in [4.78, 5) is 25.4. The highest BCUT2D eigenvalue weighted by atomic mass is 127. The van der Waals surface area contributed by atoms with Gasteiger partial charge in [-0.2, -0.15) is 0 Å². The van der Waals surface area contributed by atoms with Crippen LogP contribution < -0.4 is 15.5 Å². The van der Waals surface area contributed by atoms with E-state index < -0.39 is 0 Å². The van der Waals surface area contributed by atoms with E-state index in [1.54, 1.807) is 18.3 Å². The summed E-state index contributed by atoms with van der Waals surface area (Å²) in [6.45, 7) is 5.91. The van der Waals surface area contributed by atoms with Gasteiger partial charge in [-0.05, 0) is 37.3 Å². The minimum atomic E-state index is -0.389. The zero-order valence-electron chi connectivity index (χ0n) is 16.3. The number of guanidine groups is 1. The Kier molecular flexibility index (Phi) is 9.10. The number of aromatic nitrogens is 1. The molecule has 0 atom stereocenters. The van der Waals surface area contributed by atoms with E-state index in [-0.39, 0.29) is 42.2 Å². The maximum Gasteiger partial charge on any atom is 0.246 e. The third kappa shape index (κ3) is 6.84. The fourth-order valence-electron chi connectivity index (χ4n) is 3.03. The van der Waals surface area contributed by atoms with Gasteiger partial charge in [0.15, 0.2) is 5.96 Å². The lowest BCUT2D eigenvalue weighted by atomic mass is 10.3. The average Bonchev–Trinajstić information content (AvgIpc) is 2.72. The monoisotopic (exact) mass is 512 g/mol. The number of carbonyl (C=O) groups is 1. The lowest BCUT2D eigenvalue weighted by Crippen LogP contribution is -2.53. The number of piperazine rings is 1. The fraction of sp³-hybridized carbons (Fsp3) is 0.350. The van der Waals surface area contributed by atoms with Crippen molar-refractivity contribution in [2.24, 2.45) is 4.99 Å². The van der Waals surface area contributed by atoms with Crippen LogP contribution in [0, 0.1) is 5.82 Å². The summed E-state index contributed by atoms with van der Waals surface area (Å²) in [7, 11) is 0. The molecule has 9 heteroatoms. The largest absolute Gasteiger partial charge is 0.357 e. The number of halogens is 2. The predicted octanol–water partition coefficient (Wildman–Crippen LogP) is 2.56. The number of pyridine rings is 1. The molecule has 0 aliphatic carbocycles. The second-order valence-corrected chi connectivity index (χ2v) is 6.39. The van der Waals surface area contributed by atoms with Gasteiger partial charge in [0.1, 0.15) is 18.2 Å². The summed E-state index contributed by atoms with van der Waals surface area (Å²) in [6, 6.07) is 11.7. The smallest absolute Gasteiger partial charge is 0.246 e. The van der Waals surface area contributed by atoms with Crippen LogP contribution in [0.5, 0.6) is 0 Å². The summed E-state index contributed by atoms with van der Waals surface area (Å²) in [5, 5.41) is 5.90. The lowest BCUT2D eigenvalue weighted by Gasteiger charge is -2.37. The summed E-state index contributed by atoms with van der Waals surface area (Å²) >= 11 is 0. The molecule has 1 aromatic heterocycles. The van der Waals surface area contributed by atoms with Gasteiger partial charge in [0.05, 0.1) is 0 Å². The Bertz CT molecular complexity index is 812. The molecule has 29 heavy (non-hydrogen) atoms. The van der Waals surface area contributed by atoms with Gasteiger partial charge in [0, 0.05) is 44.6 Å². The van der Waals surface area contributed by atoms with Crippen LogP contribution in [-0.2, 0) is 4.79 Å². The van der Waals surface area contributed by atoms with E-state index >= 15 is 0 Å². The van der Waals surface area contributed by atoms with Crippen molar-refractivity contribution in [1.82, 2.24) is 15.2 Å². The second-order valence-electron chi connectivity index (χ2n) is 6.39. The van der Waals surface area contributed by atoms with Gasteiger partial charge in [-0.15, -0.1) is 24.0 Å². The highest BCUT2D eigenvalue weighted by molar-refractivity contribution is 14.0. The molecule has 2 N–H and O–H groups in total. The minimum Gasteiger partial charge on any atom is -0.357 e. The Labute approximate surface area is 187 Å². The van der Waals surface area contributed by atoms with Crippen LogP contribution in [0.2, 0.25) is 0 Å². The Balaban J connectivity index is 0.00000300. The van der Waals surface area contributed by atoms with Gasteiger partial charge in [0.2, 0.25) is 5.91 Å². The van der Waals surface area contributed by atoms with Gasteiger partial charge in [0.25, 0.3) is 0 Å². The molecule has 3 rings (SSSR count). The molecule has 2 heterocycles. The molecule has 156 valence electrons. The number of nitrogens with zero attached hydrogens (tertiary/aromatic N) is 4. The second kappa shape index (κ2) is 11.5. The number of nitrogens with one attached hydrogen (secondary N) is 2. The van der Waals surface area contributed by atoms with Gasteiger partial charge < -0.3 is 20.4 Å². The summed E-state index contributed by atoms with van der Waals surface area (Å²) in [5.41, 5.74) is 0.425. The van der Waals surface area contributed by atoms with E-state index in [2.05, 4.69) is 30.4 Å². The van der Waals surface area contributed by atoms with E-state index in [0.717, 1.165) is 32.0 Å². The van der Waals surface area contributed by atoms with Gasteiger partial charge in [-0.1, -0.05) is 12.1 Å². The van der Waals surface area contributed by atoms with Crippen molar-refractivity contribution in [3.8, 4) is 0 Å². The fourth-order valence-corrected chi connectivity index (χ4v) is 3.03. The molecule has 1 amide bonds. The molecule has 0 bridgehead atoms. The van der Waals surface area contributed by atoms with Crippen LogP contribution in [0.1, 0.15) is 6.92 Å². The number of amides is 1. The number of benzene rings is 1. The van der Waals surface area contributed by atoms with Crippen LogP contribution in [0.3, 0.4) is 0 Å². The lowest BCUT2D eigenvalue weighted by molar-refractivity contribution is -0.114. The molecule has 1 fully saturated rings. The van der Waals surface area contributed by atoms with Crippen LogP contribution in [0.4, 0.5) is 15.9 Å². The molecule has 1 aliphatic heterocycles. The highest BCUT2D eigenvalue weighted by Crippen LogP contribution is 2.13. The maximum absolute atomic E-state index is 13.2. The topological polar surface area (TPSA) is 72.9 Å². The molecule has 0 saturated carbocycles.